The van der Waals surface area contributed by atoms with E-state index in [9.17, 15) is 19.1 Å². The summed E-state index contributed by atoms with van der Waals surface area (Å²) in [6.45, 7) is -0.971. The molecule has 0 aromatic rings. The molecule has 3 unspecified atom stereocenters. The van der Waals surface area contributed by atoms with Gasteiger partial charge in [-0.15, -0.1) is 0 Å². The molecule has 0 amide bonds. The molecular formula is C6H11Na2O8P. The van der Waals surface area contributed by atoms with Crippen LogP contribution in [0, 0.1) is 0 Å². The fraction of sp³-hybridized carbons (Fsp3) is 0.833. The monoisotopic (exact) mass is 288 g/mol. The first kappa shape index (κ1) is 23.7. The fourth-order valence-corrected chi connectivity index (χ4v) is 1.10. The van der Waals surface area contributed by atoms with E-state index in [4.69, 9.17) is 15.3 Å². The Labute approximate surface area is 142 Å². The molecule has 90 valence electrons. The van der Waals surface area contributed by atoms with E-state index in [0.717, 1.165) is 0 Å². The number of aliphatic hydroxyl groups excluding tert-OH is 3. The molecular weight excluding hydrogens is 277 g/mol. The van der Waals surface area contributed by atoms with Crippen LogP contribution in [0.1, 0.15) is 6.42 Å². The van der Waals surface area contributed by atoms with E-state index in [2.05, 4.69) is 4.52 Å². The van der Waals surface area contributed by atoms with Crippen molar-refractivity contribution in [3.63, 3.8) is 0 Å². The van der Waals surface area contributed by atoms with Crippen molar-refractivity contribution >= 4 is 14.1 Å². The van der Waals surface area contributed by atoms with Crippen molar-refractivity contribution in [2.45, 2.75) is 24.7 Å². The molecule has 3 atom stereocenters. The molecule has 0 aromatic heterocycles. The van der Waals surface area contributed by atoms with Gasteiger partial charge in [0.2, 0.25) is 0 Å². The summed E-state index contributed by atoms with van der Waals surface area (Å²) >= 11 is 0. The molecule has 8 nitrogen and oxygen atoms in total. The summed E-state index contributed by atoms with van der Waals surface area (Å²) in [6, 6.07) is 0. The summed E-state index contributed by atoms with van der Waals surface area (Å²) in [5.41, 5.74) is 0. The maximum absolute atomic E-state index is 9.99. The van der Waals surface area contributed by atoms with Gasteiger partial charge in [-0.1, -0.05) is 0 Å². The molecule has 0 heterocycles. The van der Waals surface area contributed by atoms with E-state index in [0.29, 0.717) is 6.29 Å². The average Bonchev–Trinajstić information content (AvgIpc) is 2.12. The first-order valence-corrected chi connectivity index (χ1v) is 5.38. The Balaban J connectivity index is -0.000000980. The van der Waals surface area contributed by atoms with Gasteiger partial charge >= 0.3 is 59.1 Å². The van der Waals surface area contributed by atoms with Gasteiger partial charge in [-0.3, -0.25) is 0 Å². The zero-order chi connectivity index (χ0) is 12.1. The molecule has 0 fully saturated rings. The Bertz CT molecular complexity index is 246. The predicted molar refractivity (Wildman–Crippen MR) is 42.3 cm³/mol. The third-order valence-corrected chi connectivity index (χ3v) is 1.99. The quantitative estimate of drug-likeness (QED) is 0.237. The molecule has 0 saturated heterocycles. The van der Waals surface area contributed by atoms with Gasteiger partial charge in [-0.2, -0.15) is 0 Å². The van der Waals surface area contributed by atoms with Crippen LogP contribution in [0.15, 0.2) is 0 Å². The van der Waals surface area contributed by atoms with E-state index < -0.39 is 39.2 Å². The number of aliphatic hydroxyl groups is 3. The second-order valence-electron chi connectivity index (χ2n) is 2.77. The Morgan fingerprint density at radius 2 is 1.65 bits per heavy atom. The zero-order valence-corrected chi connectivity index (χ0v) is 14.4. The fourth-order valence-electron chi connectivity index (χ4n) is 0.761. The number of phosphoric acid groups is 1. The zero-order valence-electron chi connectivity index (χ0n) is 9.55. The predicted octanol–water partition coefficient (Wildman–Crippen LogP) is -9.49. The SMILES string of the molecule is O=CCC(O)C(O)C(O)COP(=O)([O-])[O-].[Na+].[Na+]. The Morgan fingerprint density at radius 1 is 1.18 bits per heavy atom. The van der Waals surface area contributed by atoms with Crippen LogP contribution in [-0.4, -0.2) is 46.5 Å². The number of carbonyl (C=O) groups excluding carboxylic acids is 1. The molecule has 0 bridgehead atoms. The third kappa shape index (κ3) is 12.4. The summed E-state index contributed by atoms with van der Waals surface area (Å²) in [5, 5.41) is 27.1. The molecule has 0 spiro atoms. The van der Waals surface area contributed by atoms with E-state index in [1.54, 1.807) is 0 Å². The number of hydrogen-bond acceptors (Lipinski definition) is 8. The Kier molecular flexibility index (Phi) is 16.0. The van der Waals surface area contributed by atoms with E-state index in [-0.39, 0.29) is 59.1 Å². The number of carbonyl (C=O) groups is 1. The molecule has 3 N–H and O–H groups in total. The van der Waals surface area contributed by atoms with Gasteiger partial charge in [-0.05, 0) is 0 Å². The van der Waals surface area contributed by atoms with Gasteiger partial charge in [0.1, 0.15) is 18.5 Å². The summed E-state index contributed by atoms with van der Waals surface area (Å²) in [7, 11) is -5.23. The van der Waals surface area contributed by atoms with Crippen LogP contribution in [-0.2, 0) is 13.9 Å². The summed E-state index contributed by atoms with van der Waals surface area (Å²) in [5.74, 6) is 0. The standard InChI is InChI=1S/C6H13O8P.2Na/c7-2-1-4(8)6(10)5(9)3-14-15(11,12)13;;/h2,4-6,8-10H,1,3H2,(H2,11,12,13);;/q;2*+1/p-2. The van der Waals surface area contributed by atoms with Crippen molar-refractivity contribution in [1.82, 2.24) is 0 Å². The first-order valence-electron chi connectivity index (χ1n) is 3.92. The average molecular weight is 288 g/mol. The molecule has 0 saturated carbocycles. The normalized spacial score (nSPS) is 16.1. The van der Waals surface area contributed by atoms with Crippen LogP contribution in [0.4, 0.5) is 0 Å². The van der Waals surface area contributed by atoms with Crippen molar-refractivity contribution in [3.05, 3.63) is 0 Å². The summed E-state index contributed by atoms with van der Waals surface area (Å²) in [6.07, 6.45) is -5.19. The number of hydrogen-bond donors (Lipinski definition) is 3. The minimum absolute atomic E-state index is 0. The van der Waals surface area contributed by atoms with Crippen molar-refractivity contribution in [2.24, 2.45) is 0 Å². The van der Waals surface area contributed by atoms with Crippen molar-refractivity contribution < 1.29 is 98.1 Å². The topological polar surface area (TPSA) is 150 Å². The smallest absolute Gasteiger partial charge is 0.790 e. The first-order chi connectivity index (χ1) is 6.78. The minimum Gasteiger partial charge on any atom is -0.790 e. The molecule has 11 heteroatoms. The van der Waals surface area contributed by atoms with Crippen LogP contribution >= 0.6 is 7.82 Å². The molecule has 0 aliphatic carbocycles. The van der Waals surface area contributed by atoms with Crippen LogP contribution in [0.25, 0.3) is 0 Å². The van der Waals surface area contributed by atoms with Gasteiger partial charge in [0.25, 0.3) is 0 Å². The Morgan fingerprint density at radius 3 is 2.00 bits per heavy atom. The van der Waals surface area contributed by atoms with Crippen molar-refractivity contribution in [3.8, 4) is 0 Å². The molecule has 17 heavy (non-hydrogen) atoms. The minimum atomic E-state index is -5.23. The number of aldehydes is 1. The molecule has 0 radical (unpaired) electrons. The van der Waals surface area contributed by atoms with E-state index in [1.165, 1.54) is 0 Å². The maximum Gasteiger partial charge on any atom is 1.00 e. The maximum atomic E-state index is 9.99. The van der Waals surface area contributed by atoms with Gasteiger partial charge in [-0.25, -0.2) is 0 Å². The summed E-state index contributed by atoms with van der Waals surface area (Å²) < 4.78 is 13.7. The van der Waals surface area contributed by atoms with Gasteiger partial charge < -0.3 is 39.0 Å². The Hall–Kier alpha value is 1.66. The molecule has 0 aliphatic heterocycles. The van der Waals surface area contributed by atoms with Crippen molar-refractivity contribution in [2.75, 3.05) is 6.61 Å². The number of rotatable bonds is 7. The van der Waals surface area contributed by atoms with Gasteiger partial charge in [0.15, 0.2) is 0 Å². The molecule has 0 aliphatic rings. The van der Waals surface area contributed by atoms with Gasteiger partial charge in [0.05, 0.1) is 20.5 Å². The molecule has 0 rings (SSSR count). The summed E-state index contributed by atoms with van der Waals surface area (Å²) in [4.78, 5) is 29.9. The van der Waals surface area contributed by atoms with Crippen LogP contribution in [0.5, 0.6) is 0 Å². The van der Waals surface area contributed by atoms with Crippen LogP contribution < -0.4 is 68.9 Å². The van der Waals surface area contributed by atoms with Crippen LogP contribution in [0.2, 0.25) is 0 Å². The second kappa shape index (κ2) is 11.5. The third-order valence-electron chi connectivity index (χ3n) is 1.53. The van der Waals surface area contributed by atoms with Gasteiger partial charge in [0, 0.05) is 6.42 Å². The molecule has 0 aromatic carbocycles. The van der Waals surface area contributed by atoms with Crippen molar-refractivity contribution in [1.29, 1.82) is 0 Å². The largest absolute Gasteiger partial charge is 1.00 e. The van der Waals surface area contributed by atoms with E-state index in [1.807, 2.05) is 0 Å². The van der Waals surface area contributed by atoms with E-state index >= 15 is 0 Å². The van der Waals surface area contributed by atoms with Crippen LogP contribution in [0.3, 0.4) is 0 Å². The number of phosphoric ester groups is 1. The second-order valence-corrected chi connectivity index (χ2v) is 3.92.